The van der Waals surface area contributed by atoms with Crippen LogP contribution in [0.1, 0.15) is 59.6 Å². The van der Waals surface area contributed by atoms with Crippen LogP contribution >= 0.6 is 0 Å². The van der Waals surface area contributed by atoms with E-state index in [9.17, 15) is 13.2 Å². The van der Waals surface area contributed by atoms with Gasteiger partial charge in [-0.15, -0.1) is 0 Å². The van der Waals surface area contributed by atoms with Crippen LogP contribution in [0.3, 0.4) is 0 Å². The molecule has 0 N–H and O–H groups in total. The van der Waals surface area contributed by atoms with E-state index in [0.717, 1.165) is 55.5 Å². The van der Waals surface area contributed by atoms with Crippen LogP contribution in [-0.4, -0.2) is 65.6 Å². The number of aromatic nitrogens is 2. The van der Waals surface area contributed by atoms with Gasteiger partial charge in [-0.3, -0.25) is 4.79 Å². The maximum Gasteiger partial charge on any atom is 0.257 e. The van der Waals surface area contributed by atoms with Gasteiger partial charge in [0.05, 0.1) is 23.0 Å². The van der Waals surface area contributed by atoms with Gasteiger partial charge >= 0.3 is 0 Å². The molecule has 7 nitrogen and oxygen atoms in total. The number of amides is 1. The van der Waals surface area contributed by atoms with Crippen molar-refractivity contribution in [1.82, 2.24) is 18.8 Å². The highest BCUT2D eigenvalue weighted by molar-refractivity contribution is 7.88. The molecule has 2 aromatic heterocycles. The summed E-state index contributed by atoms with van der Waals surface area (Å²) in [6, 6.07) is 4.13. The highest BCUT2D eigenvalue weighted by Gasteiger charge is 2.28. The number of likely N-dealkylation sites (tertiary alicyclic amines) is 1. The van der Waals surface area contributed by atoms with Gasteiger partial charge in [0.2, 0.25) is 10.0 Å². The zero-order chi connectivity index (χ0) is 19.9. The average molecular weight is 405 g/mol. The van der Waals surface area contributed by atoms with Gasteiger partial charge in [-0.05, 0) is 62.6 Å². The third kappa shape index (κ3) is 3.67. The third-order valence-electron chi connectivity index (χ3n) is 6.09. The molecule has 0 saturated carbocycles. The van der Waals surface area contributed by atoms with Gasteiger partial charge < -0.3 is 4.90 Å². The van der Waals surface area contributed by atoms with Crippen molar-refractivity contribution in [3.63, 3.8) is 0 Å². The lowest BCUT2D eigenvalue weighted by atomic mass is 9.90. The molecule has 0 spiro atoms. The van der Waals surface area contributed by atoms with Gasteiger partial charge in [-0.2, -0.15) is 5.10 Å². The molecule has 2 saturated heterocycles. The fourth-order valence-electron chi connectivity index (χ4n) is 4.47. The Morgan fingerprint density at radius 1 is 1.11 bits per heavy atom. The van der Waals surface area contributed by atoms with Gasteiger partial charge in [0.15, 0.2) is 0 Å². The van der Waals surface area contributed by atoms with Crippen molar-refractivity contribution >= 4 is 21.4 Å². The van der Waals surface area contributed by atoms with Crippen molar-refractivity contribution in [2.45, 2.75) is 44.9 Å². The van der Waals surface area contributed by atoms with E-state index in [1.807, 2.05) is 18.0 Å². The molecule has 1 amide bonds. The van der Waals surface area contributed by atoms with Crippen molar-refractivity contribution in [2.75, 3.05) is 32.4 Å². The van der Waals surface area contributed by atoms with Crippen molar-refractivity contribution in [1.29, 1.82) is 0 Å². The van der Waals surface area contributed by atoms with Gasteiger partial charge in [-0.1, -0.05) is 0 Å². The molecule has 0 aromatic carbocycles. The minimum absolute atomic E-state index is 0.0799. The van der Waals surface area contributed by atoms with E-state index in [4.69, 9.17) is 0 Å². The second-order valence-corrected chi connectivity index (χ2v) is 10.0. The van der Waals surface area contributed by atoms with Crippen LogP contribution in [0.2, 0.25) is 0 Å². The molecule has 0 atom stereocenters. The van der Waals surface area contributed by atoms with Crippen LogP contribution < -0.4 is 0 Å². The lowest BCUT2D eigenvalue weighted by molar-refractivity contribution is 0.0725. The standard InChI is InChI=1S/C20H28N4O3S/c1-15-19(20(25)22-9-4-3-5-10-22)18-14-17(8-13-24(18)21-15)16-6-11-23(12-7-16)28(2,26)27/h8,13-14,16H,3-7,9-12H2,1-2H3. The zero-order valence-electron chi connectivity index (χ0n) is 16.6. The second kappa shape index (κ2) is 7.48. The van der Waals surface area contributed by atoms with Gasteiger partial charge in [0.1, 0.15) is 0 Å². The first kappa shape index (κ1) is 19.4. The Kier molecular flexibility index (Phi) is 5.18. The molecule has 0 aliphatic carbocycles. The van der Waals surface area contributed by atoms with Crippen LogP contribution in [0.15, 0.2) is 18.3 Å². The predicted molar refractivity (Wildman–Crippen MR) is 108 cm³/mol. The van der Waals surface area contributed by atoms with Gasteiger partial charge in [-0.25, -0.2) is 17.2 Å². The summed E-state index contributed by atoms with van der Waals surface area (Å²) in [5.74, 6) is 0.382. The van der Waals surface area contributed by atoms with E-state index >= 15 is 0 Å². The van der Waals surface area contributed by atoms with E-state index in [1.165, 1.54) is 12.7 Å². The maximum atomic E-state index is 13.1. The third-order valence-corrected chi connectivity index (χ3v) is 7.39. The molecule has 8 heteroatoms. The molecule has 152 valence electrons. The van der Waals surface area contributed by atoms with E-state index in [0.29, 0.717) is 24.6 Å². The molecule has 4 rings (SSSR count). The van der Waals surface area contributed by atoms with Gasteiger partial charge in [0.25, 0.3) is 5.91 Å². The number of fused-ring (bicyclic) bond motifs is 1. The molecule has 2 fully saturated rings. The lowest BCUT2D eigenvalue weighted by Gasteiger charge is -2.30. The largest absolute Gasteiger partial charge is 0.339 e. The van der Waals surface area contributed by atoms with Crippen LogP contribution in [-0.2, 0) is 10.0 Å². The van der Waals surface area contributed by atoms with E-state index in [1.54, 1.807) is 8.82 Å². The SMILES string of the molecule is Cc1nn2ccc(C3CCN(S(C)(=O)=O)CC3)cc2c1C(=O)N1CCCCC1. The Hall–Kier alpha value is -1.93. The number of sulfonamides is 1. The normalized spacial score (nSPS) is 20.0. The Morgan fingerprint density at radius 2 is 1.79 bits per heavy atom. The predicted octanol–water partition coefficient (Wildman–Crippen LogP) is 2.41. The Labute approximate surface area is 166 Å². The number of nitrogens with zero attached hydrogens (tertiary/aromatic N) is 4. The first-order chi connectivity index (χ1) is 13.3. The summed E-state index contributed by atoms with van der Waals surface area (Å²) in [5, 5.41) is 4.54. The van der Waals surface area contributed by atoms with E-state index in [2.05, 4.69) is 17.2 Å². The average Bonchev–Trinajstić information content (AvgIpc) is 3.02. The zero-order valence-corrected chi connectivity index (χ0v) is 17.4. The molecule has 28 heavy (non-hydrogen) atoms. The van der Waals surface area contributed by atoms with Crippen molar-refractivity contribution in [3.05, 3.63) is 35.2 Å². The quantitative estimate of drug-likeness (QED) is 0.787. The van der Waals surface area contributed by atoms with Crippen molar-refractivity contribution < 1.29 is 13.2 Å². The Balaban J connectivity index is 1.61. The molecule has 2 aliphatic rings. The summed E-state index contributed by atoms with van der Waals surface area (Å²) in [6.07, 6.45) is 8.11. The number of hydrogen-bond acceptors (Lipinski definition) is 4. The molecule has 0 unspecified atom stereocenters. The van der Waals surface area contributed by atoms with E-state index in [-0.39, 0.29) is 5.91 Å². The minimum atomic E-state index is -3.12. The summed E-state index contributed by atoms with van der Waals surface area (Å²) in [6.45, 7) is 4.63. The smallest absolute Gasteiger partial charge is 0.257 e. The lowest BCUT2D eigenvalue weighted by Crippen LogP contribution is -2.37. The topological polar surface area (TPSA) is 75.0 Å². The van der Waals surface area contributed by atoms with Gasteiger partial charge in [0, 0.05) is 32.4 Å². The fraction of sp³-hybridized carbons (Fsp3) is 0.600. The van der Waals surface area contributed by atoms with Crippen LogP contribution in [0.5, 0.6) is 0 Å². The number of piperidine rings is 2. The maximum absolute atomic E-state index is 13.1. The summed E-state index contributed by atoms with van der Waals surface area (Å²) >= 11 is 0. The Morgan fingerprint density at radius 3 is 2.43 bits per heavy atom. The minimum Gasteiger partial charge on any atom is -0.339 e. The molecule has 2 aliphatic heterocycles. The molecule has 2 aromatic rings. The number of rotatable bonds is 3. The summed E-state index contributed by atoms with van der Waals surface area (Å²) in [4.78, 5) is 15.1. The van der Waals surface area contributed by atoms with Crippen molar-refractivity contribution in [3.8, 4) is 0 Å². The first-order valence-electron chi connectivity index (χ1n) is 10.1. The van der Waals surface area contributed by atoms with Crippen LogP contribution in [0.25, 0.3) is 5.52 Å². The number of pyridine rings is 1. The Bertz CT molecular complexity index is 984. The molecule has 4 heterocycles. The second-order valence-electron chi connectivity index (χ2n) is 8.04. The first-order valence-corrected chi connectivity index (χ1v) is 11.9. The molecular formula is C20H28N4O3S. The summed E-state index contributed by atoms with van der Waals surface area (Å²) in [5.41, 5.74) is 3.49. The molecule has 0 bridgehead atoms. The number of carbonyl (C=O) groups excluding carboxylic acids is 1. The summed E-state index contributed by atoms with van der Waals surface area (Å²) in [7, 11) is -3.12. The fourth-order valence-corrected chi connectivity index (χ4v) is 5.35. The van der Waals surface area contributed by atoms with Crippen LogP contribution in [0, 0.1) is 6.92 Å². The number of aryl methyl sites for hydroxylation is 1. The number of carbonyl (C=O) groups is 1. The van der Waals surface area contributed by atoms with Crippen LogP contribution in [0.4, 0.5) is 0 Å². The highest BCUT2D eigenvalue weighted by atomic mass is 32.2. The van der Waals surface area contributed by atoms with E-state index < -0.39 is 10.0 Å². The monoisotopic (exact) mass is 404 g/mol. The molecular weight excluding hydrogens is 376 g/mol. The van der Waals surface area contributed by atoms with Crippen molar-refractivity contribution in [2.24, 2.45) is 0 Å². The number of hydrogen-bond donors (Lipinski definition) is 0. The highest BCUT2D eigenvalue weighted by Crippen LogP contribution is 2.31. The summed E-state index contributed by atoms with van der Waals surface area (Å²) < 4.78 is 26.8. The molecule has 0 radical (unpaired) electrons.